The summed E-state index contributed by atoms with van der Waals surface area (Å²) >= 11 is 0. The minimum absolute atomic E-state index is 0.0793. The zero-order valence-electron chi connectivity index (χ0n) is 9.10. The van der Waals surface area contributed by atoms with Crippen molar-refractivity contribution in [2.75, 3.05) is 6.54 Å². The fraction of sp³-hybridized carbons (Fsp3) is 0.385. The molecule has 1 aliphatic rings. The Kier molecular flexibility index (Phi) is 3.33. The van der Waals surface area contributed by atoms with E-state index in [1.54, 1.807) is 0 Å². The molecule has 0 N–H and O–H groups in total. The number of aldehydes is 1. The Morgan fingerprint density at radius 3 is 2.81 bits per heavy atom. The largest absolute Gasteiger partial charge is 0.302 e. The summed E-state index contributed by atoms with van der Waals surface area (Å²) in [5.74, 6) is 0. The fourth-order valence-corrected chi connectivity index (χ4v) is 2.12. The first-order valence-corrected chi connectivity index (χ1v) is 5.52. The molecule has 1 aromatic carbocycles. The topological polar surface area (TPSA) is 44.1 Å². The van der Waals surface area contributed by atoms with Crippen LogP contribution in [-0.2, 0) is 11.3 Å². The molecule has 3 nitrogen and oxygen atoms in total. The summed E-state index contributed by atoms with van der Waals surface area (Å²) in [6, 6.07) is 9.73. The van der Waals surface area contributed by atoms with E-state index in [4.69, 9.17) is 5.26 Å². The third-order valence-electron chi connectivity index (χ3n) is 3.04. The SMILES string of the molecule is N#Cc1ccc(CN2CCCC2C=O)cc1. The molecule has 1 aromatic rings. The van der Waals surface area contributed by atoms with Crippen molar-refractivity contribution >= 4 is 6.29 Å². The molecule has 1 saturated heterocycles. The molecule has 1 fully saturated rings. The summed E-state index contributed by atoms with van der Waals surface area (Å²) in [4.78, 5) is 13.0. The Morgan fingerprint density at radius 1 is 1.44 bits per heavy atom. The minimum Gasteiger partial charge on any atom is -0.302 e. The summed E-state index contributed by atoms with van der Waals surface area (Å²) in [5, 5.41) is 8.69. The number of likely N-dealkylation sites (tertiary alicyclic amines) is 1. The Labute approximate surface area is 95.3 Å². The van der Waals surface area contributed by atoms with Crippen LogP contribution < -0.4 is 0 Å². The van der Waals surface area contributed by atoms with Gasteiger partial charge in [0.15, 0.2) is 0 Å². The molecule has 1 atom stereocenters. The third-order valence-corrected chi connectivity index (χ3v) is 3.04. The van der Waals surface area contributed by atoms with Gasteiger partial charge in [-0.3, -0.25) is 4.90 Å². The zero-order chi connectivity index (χ0) is 11.4. The van der Waals surface area contributed by atoms with E-state index < -0.39 is 0 Å². The number of nitrogens with zero attached hydrogens (tertiary/aromatic N) is 2. The predicted octanol–water partition coefficient (Wildman–Crippen LogP) is 1.72. The van der Waals surface area contributed by atoms with Gasteiger partial charge in [-0.25, -0.2) is 0 Å². The molecule has 1 heterocycles. The van der Waals surface area contributed by atoms with Crippen molar-refractivity contribution in [3.8, 4) is 6.07 Å². The van der Waals surface area contributed by atoms with E-state index in [0.717, 1.165) is 37.8 Å². The summed E-state index contributed by atoms with van der Waals surface area (Å²) in [7, 11) is 0. The average Bonchev–Trinajstić information content (AvgIpc) is 2.77. The van der Waals surface area contributed by atoms with E-state index in [9.17, 15) is 4.79 Å². The monoisotopic (exact) mass is 214 g/mol. The van der Waals surface area contributed by atoms with E-state index in [1.165, 1.54) is 0 Å². The normalized spacial score (nSPS) is 20.6. The van der Waals surface area contributed by atoms with Crippen LogP contribution in [0.2, 0.25) is 0 Å². The first kappa shape index (κ1) is 10.8. The van der Waals surface area contributed by atoms with Crippen molar-refractivity contribution < 1.29 is 4.79 Å². The van der Waals surface area contributed by atoms with Crippen LogP contribution in [-0.4, -0.2) is 23.8 Å². The molecule has 0 aromatic heterocycles. The zero-order valence-corrected chi connectivity index (χ0v) is 9.10. The van der Waals surface area contributed by atoms with Crippen LogP contribution in [0.25, 0.3) is 0 Å². The second kappa shape index (κ2) is 4.91. The number of nitriles is 1. The molecule has 82 valence electrons. The van der Waals surface area contributed by atoms with Crippen LogP contribution in [0.15, 0.2) is 24.3 Å². The number of rotatable bonds is 3. The van der Waals surface area contributed by atoms with Crippen LogP contribution in [0.5, 0.6) is 0 Å². The molecule has 16 heavy (non-hydrogen) atoms. The summed E-state index contributed by atoms with van der Waals surface area (Å²) < 4.78 is 0. The molecule has 0 spiro atoms. The van der Waals surface area contributed by atoms with E-state index >= 15 is 0 Å². The average molecular weight is 214 g/mol. The van der Waals surface area contributed by atoms with Crippen LogP contribution >= 0.6 is 0 Å². The number of carbonyl (C=O) groups excluding carboxylic acids is 1. The van der Waals surface area contributed by atoms with E-state index in [1.807, 2.05) is 24.3 Å². The van der Waals surface area contributed by atoms with Gasteiger partial charge in [-0.15, -0.1) is 0 Å². The smallest absolute Gasteiger partial charge is 0.137 e. The predicted molar refractivity (Wildman–Crippen MR) is 60.7 cm³/mol. The molecule has 1 unspecified atom stereocenters. The number of benzene rings is 1. The maximum atomic E-state index is 10.8. The molecule has 2 rings (SSSR count). The van der Waals surface area contributed by atoms with Gasteiger partial charge in [-0.05, 0) is 37.1 Å². The highest BCUT2D eigenvalue weighted by Crippen LogP contribution is 2.18. The van der Waals surface area contributed by atoms with Crippen LogP contribution in [0.3, 0.4) is 0 Å². The Bertz CT molecular complexity index is 405. The molecule has 0 radical (unpaired) electrons. The van der Waals surface area contributed by atoms with Gasteiger partial charge in [0, 0.05) is 6.54 Å². The highest BCUT2D eigenvalue weighted by Gasteiger charge is 2.23. The van der Waals surface area contributed by atoms with Gasteiger partial charge in [0.1, 0.15) is 6.29 Å². The van der Waals surface area contributed by atoms with Crippen LogP contribution in [0, 0.1) is 11.3 Å². The van der Waals surface area contributed by atoms with E-state index in [0.29, 0.717) is 5.56 Å². The lowest BCUT2D eigenvalue weighted by molar-refractivity contribution is -0.111. The molecule has 0 aliphatic carbocycles. The van der Waals surface area contributed by atoms with Gasteiger partial charge in [0.05, 0.1) is 17.7 Å². The van der Waals surface area contributed by atoms with Gasteiger partial charge >= 0.3 is 0 Å². The van der Waals surface area contributed by atoms with Crippen LogP contribution in [0.1, 0.15) is 24.0 Å². The Balaban J connectivity index is 2.03. The van der Waals surface area contributed by atoms with Gasteiger partial charge in [0.25, 0.3) is 0 Å². The fourth-order valence-electron chi connectivity index (χ4n) is 2.12. The lowest BCUT2D eigenvalue weighted by Crippen LogP contribution is -2.29. The van der Waals surface area contributed by atoms with Gasteiger partial charge in [-0.2, -0.15) is 5.26 Å². The van der Waals surface area contributed by atoms with Crippen molar-refractivity contribution in [3.05, 3.63) is 35.4 Å². The van der Waals surface area contributed by atoms with Crippen molar-refractivity contribution in [1.82, 2.24) is 4.90 Å². The molecule has 3 heteroatoms. The maximum absolute atomic E-state index is 10.8. The van der Waals surface area contributed by atoms with Crippen molar-refractivity contribution in [2.24, 2.45) is 0 Å². The molecule has 0 saturated carbocycles. The quantitative estimate of drug-likeness (QED) is 0.720. The Hall–Kier alpha value is -1.66. The minimum atomic E-state index is 0.0793. The molecular formula is C13H14N2O. The van der Waals surface area contributed by atoms with Gasteiger partial charge in [-0.1, -0.05) is 12.1 Å². The van der Waals surface area contributed by atoms with Crippen molar-refractivity contribution in [1.29, 1.82) is 5.26 Å². The first-order valence-electron chi connectivity index (χ1n) is 5.52. The molecule has 0 amide bonds. The lowest BCUT2D eigenvalue weighted by Gasteiger charge is -2.19. The van der Waals surface area contributed by atoms with Gasteiger partial charge < -0.3 is 4.79 Å². The number of carbonyl (C=O) groups is 1. The summed E-state index contributed by atoms with van der Waals surface area (Å²) in [5.41, 5.74) is 1.84. The molecule has 1 aliphatic heterocycles. The highest BCUT2D eigenvalue weighted by atomic mass is 16.1. The lowest BCUT2D eigenvalue weighted by atomic mass is 10.1. The standard InChI is InChI=1S/C13H14N2O/c14-8-11-3-5-12(6-4-11)9-15-7-1-2-13(15)10-16/h3-6,10,13H,1-2,7,9H2. The highest BCUT2D eigenvalue weighted by molar-refractivity contribution is 5.58. The van der Waals surface area contributed by atoms with Crippen molar-refractivity contribution in [2.45, 2.75) is 25.4 Å². The van der Waals surface area contributed by atoms with Gasteiger partial charge in [0.2, 0.25) is 0 Å². The second-order valence-corrected chi connectivity index (χ2v) is 4.12. The van der Waals surface area contributed by atoms with Crippen LogP contribution in [0.4, 0.5) is 0 Å². The number of hydrogen-bond donors (Lipinski definition) is 0. The van der Waals surface area contributed by atoms with Crippen molar-refractivity contribution in [3.63, 3.8) is 0 Å². The van der Waals surface area contributed by atoms with E-state index in [2.05, 4.69) is 11.0 Å². The summed E-state index contributed by atoms with van der Waals surface area (Å²) in [6.07, 6.45) is 3.11. The number of hydrogen-bond acceptors (Lipinski definition) is 3. The molecular weight excluding hydrogens is 200 g/mol. The first-order chi connectivity index (χ1) is 7.83. The molecule has 0 bridgehead atoms. The second-order valence-electron chi connectivity index (χ2n) is 4.12. The maximum Gasteiger partial charge on any atom is 0.137 e. The third kappa shape index (κ3) is 2.29. The summed E-state index contributed by atoms with van der Waals surface area (Å²) in [6.45, 7) is 1.79. The van der Waals surface area contributed by atoms with E-state index in [-0.39, 0.29) is 6.04 Å². The Morgan fingerprint density at radius 2 is 2.19 bits per heavy atom.